The van der Waals surface area contributed by atoms with Crippen LogP contribution in [0.25, 0.3) is 11.4 Å². The number of rotatable bonds is 1. The molecule has 0 atom stereocenters. The molecule has 0 aliphatic rings. The largest absolute Gasteiger partial charge is 0.381 e. The number of hydrogen-bond donors (Lipinski definition) is 1. The van der Waals surface area contributed by atoms with Crippen LogP contribution in [0.3, 0.4) is 0 Å². The third-order valence-corrected chi connectivity index (χ3v) is 1.80. The highest BCUT2D eigenvalue weighted by molar-refractivity contribution is 5.55. The van der Waals surface area contributed by atoms with Crippen molar-refractivity contribution in [2.75, 3.05) is 5.73 Å². The molecule has 3 nitrogen and oxygen atoms in total. The predicted molar refractivity (Wildman–Crippen MR) is 51.8 cm³/mol. The zero-order valence-electron chi connectivity index (χ0n) is 7.31. The van der Waals surface area contributed by atoms with Gasteiger partial charge in [0.1, 0.15) is 0 Å². The molecule has 0 spiro atoms. The first-order valence-electron chi connectivity index (χ1n) is 4.11. The Hall–Kier alpha value is -1.97. The van der Waals surface area contributed by atoms with E-state index >= 15 is 0 Å². The molecule has 4 heteroatoms. The summed E-state index contributed by atoms with van der Waals surface area (Å²) in [6, 6.07) is 9.28. The van der Waals surface area contributed by atoms with Gasteiger partial charge in [-0.15, -0.1) is 0 Å². The summed E-state index contributed by atoms with van der Waals surface area (Å²) in [4.78, 5) is 7.68. The Bertz CT molecular complexity index is 442. The fourth-order valence-electron chi connectivity index (χ4n) is 1.11. The maximum Gasteiger partial charge on any atom is 0.183 e. The van der Waals surface area contributed by atoms with E-state index in [4.69, 9.17) is 5.73 Å². The van der Waals surface area contributed by atoms with Crippen LogP contribution in [0.5, 0.6) is 0 Å². The molecule has 1 aromatic heterocycles. The first kappa shape index (κ1) is 8.62. The van der Waals surface area contributed by atoms with Gasteiger partial charge in [0.15, 0.2) is 17.5 Å². The molecule has 0 saturated heterocycles. The van der Waals surface area contributed by atoms with Crippen molar-refractivity contribution in [1.29, 1.82) is 0 Å². The van der Waals surface area contributed by atoms with Crippen LogP contribution in [0.15, 0.2) is 36.5 Å². The van der Waals surface area contributed by atoms with Crippen molar-refractivity contribution in [3.63, 3.8) is 0 Å². The molecule has 2 N–H and O–H groups in total. The Morgan fingerprint density at radius 3 is 2.50 bits per heavy atom. The fourth-order valence-corrected chi connectivity index (χ4v) is 1.11. The summed E-state index contributed by atoms with van der Waals surface area (Å²) in [5.74, 6) is -0.284. The van der Waals surface area contributed by atoms with Crippen LogP contribution in [0.4, 0.5) is 10.2 Å². The van der Waals surface area contributed by atoms with E-state index in [-0.39, 0.29) is 5.82 Å². The van der Waals surface area contributed by atoms with E-state index < -0.39 is 5.82 Å². The van der Waals surface area contributed by atoms with Crippen molar-refractivity contribution in [3.8, 4) is 11.4 Å². The van der Waals surface area contributed by atoms with Crippen LogP contribution in [0.2, 0.25) is 0 Å². The molecule has 14 heavy (non-hydrogen) atoms. The lowest BCUT2D eigenvalue weighted by Gasteiger charge is -2.00. The molecule has 1 heterocycles. The number of benzene rings is 1. The van der Waals surface area contributed by atoms with Crippen molar-refractivity contribution < 1.29 is 4.39 Å². The van der Waals surface area contributed by atoms with Crippen LogP contribution in [0, 0.1) is 5.82 Å². The van der Waals surface area contributed by atoms with Gasteiger partial charge in [-0.2, -0.15) is 0 Å². The summed E-state index contributed by atoms with van der Waals surface area (Å²) in [6.45, 7) is 0. The summed E-state index contributed by atoms with van der Waals surface area (Å²) < 4.78 is 12.8. The normalized spacial score (nSPS) is 10.1. The average Bonchev–Trinajstić information content (AvgIpc) is 2.23. The SMILES string of the molecule is Nc1nc(-c2ccccc2)ncc1F. The van der Waals surface area contributed by atoms with Gasteiger partial charge >= 0.3 is 0 Å². The third kappa shape index (κ3) is 1.54. The zero-order chi connectivity index (χ0) is 9.97. The van der Waals surface area contributed by atoms with Crippen LogP contribution in [-0.4, -0.2) is 9.97 Å². The number of nitrogen functional groups attached to an aromatic ring is 1. The molecule has 2 aromatic rings. The number of anilines is 1. The molecule has 0 aliphatic carbocycles. The van der Waals surface area contributed by atoms with Gasteiger partial charge in [0.2, 0.25) is 0 Å². The summed E-state index contributed by atoms with van der Waals surface area (Å²) in [6.07, 6.45) is 1.07. The molecule has 1 aromatic carbocycles. The van der Waals surface area contributed by atoms with Crippen LogP contribution < -0.4 is 5.73 Å². The molecule has 0 amide bonds. The standard InChI is InChI=1S/C10H8FN3/c11-8-6-13-10(14-9(8)12)7-4-2-1-3-5-7/h1-6H,(H2,12,13,14). The lowest BCUT2D eigenvalue weighted by atomic mass is 10.2. The Morgan fingerprint density at radius 1 is 1.14 bits per heavy atom. The van der Waals surface area contributed by atoms with Crippen molar-refractivity contribution in [1.82, 2.24) is 9.97 Å². The van der Waals surface area contributed by atoms with Gasteiger partial charge in [-0.25, -0.2) is 14.4 Å². The second kappa shape index (κ2) is 3.41. The quantitative estimate of drug-likeness (QED) is 0.744. The zero-order valence-corrected chi connectivity index (χ0v) is 7.31. The van der Waals surface area contributed by atoms with Crippen molar-refractivity contribution in [2.45, 2.75) is 0 Å². The number of nitrogens with two attached hydrogens (primary N) is 1. The summed E-state index contributed by atoms with van der Waals surface area (Å²) in [5.41, 5.74) is 6.15. The molecule has 0 aliphatic heterocycles. The Labute approximate surface area is 80.4 Å². The highest BCUT2D eigenvalue weighted by atomic mass is 19.1. The minimum absolute atomic E-state index is 0.126. The Morgan fingerprint density at radius 2 is 1.86 bits per heavy atom. The van der Waals surface area contributed by atoms with Gasteiger partial charge in [-0.3, -0.25) is 0 Å². The van der Waals surface area contributed by atoms with Crippen molar-refractivity contribution in [2.24, 2.45) is 0 Å². The summed E-state index contributed by atoms with van der Waals surface area (Å²) >= 11 is 0. The third-order valence-electron chi connectivity index (χ3n) is 1.80. The van der Waals surface area contributed by atoms with Crippen molar-refractivity contribution in [3.05, 3.63) is 42.3 Å². The highest BCUT2D eigenvalue weighted by Gasteiger charge is 2.04. The van der Waals surface area contributed by atoms with Crippen molar-refractivity contribution >= 4 is 5.82 Å². The number of aromatic nitrogens is 2. The highest BCUT2D eigenvalue weighted by Crippen LogP contribution is 2.15. The van der Waals surface area contributed by atoms with Gasteiger partial charge in [0.05, 0.1) is 6.20 Å². The molecule has 0 unspecified atom stereocenters. The number of hydrogen-bond acceptors (Lipinski definition) is 3. The van der Waals surface area contributed by atoms with E-state index in [1.807, 2.05) is 30.3 Å². The van der Waals surface area contributed by atoms with E-state index in [1.54, 1.807) is 0 Å². The molecular formula is C10H8FN3. The lowest BCUT2D eigenvalue weighted by Crippen LogP contribution is -1.98. The van der Waals surface area contributed by atoms with Crippen LogP contribution in [-0.2, 0) is 0 Å². The Balaban J connectivity index is 2.48. The van der Waals surface area contributed by atoms with Gasteiger partial charge in [0, 0.05) is 5.56 Å². The molecular weight excluding hydrogens is 181 g/mol. The minimum atomic E-state index is -0.593. The van der Waals surface area contributed by atoms with E-state index in [2.05, 4.69) is 9.97 Å². The smallest absolute Gasteiger partial charge is 0.183 e. The number of halogens is 1. The minimum Gasteiger partial charge on any atom is -0.381 e. The maximum atomic E-state index is 12.8. The average molecular weight is 189 g/mol. The van der Waals surface area contributed by atoms with Gasteiger partial charge in [0.25, 0.3) is 0 Å². The second-order valence-corrected chi connectivity index (χ2v) is 2.79. The Kier molecular flexibility index (Phi) is 2.10. The van der Waals surface area contributed by atoms with E-state index in [0.717, 1.165) is 11.8 Å². The molecule has 0 radical (unpaired) electrons. The van der Waals surface area contributed by atoms with Gasteiger partial charge in [-0.05, 0) is 0 Å². The van der Waals surface area contributed by atoms with Crippen LogP contribution in [0.1, 0.15) is 0 Å². The van der Waals surface area contributed by atoms with Crippen LogP contribution >= 0.6 is 0 Å². The second-order valence-electron chi connectivity index (χ2n) is 2.79. The summed E-state index contributed by atoms with van der Waals surface area (Å²) in [5, 5.41) is 0. The number of nitrogens with zero attached hydrogens (tertiary/aromatic N) is 2. The first-order valence-corrected chi connectivity index (χ1v) is 4.11. The first-order chi connectivity index (χ1) is 6.77. The summed E-state index contributed by atoms with van der Waals surface area (Å²) in [7, 11) is 0. The molecule has 0 saturated carbocycles. The fraction of sp³-hybridized carbons (Fsp3) is 0. The van der Waals surface area contributed by atoms with Gasteiger partial charge < -0.3 is 5.73 Å². The molecule has 2 rings (SSSR count). The molecule has 0 fully saturated rings. The molecule has 70 valence electrons. The predicted octanol–water partition coefficient (Wildman–Crippen LogP) is 1.86. The van der Waals surface area contributed by atoms with E-state index in [0.29, 0.717) is 5.82 Å². The topological polar surface area (TPSA) is 51.8 Å². The van der Waals surface area contributed by atoms with E-state index in [9.17, 15) is 4.39 Å². The van der Waals surface area contributed by atoms with Gasteiger partial charge in [-0.1, -0.05) is 30.3 Å². The molecule has 0 bridgehead atoms. The maximum absolute atomic E-state index is 12.8. The van der Waals surface area contributed by atoms with E-state index in [1.165, 1.54) is 0 Å². The monoisotopic (exact) mass is 189 g/mol. The lowest BCUT2D eigenvalue weighted by molar-refractivity contribution is 0.620.